The van der Waals surface area contributed by atoms with Gasteiger partial charge in [0.2, 0.25) is 0 Å². The van der Waals surface area contributed by atoms with Crippen LogP contribution in [0, 0.1) is 5.92 Å². The van der Waals surface area contributed by atoms with E-state index >= 15 is 0 Å². The molecule has 0 aromatic carbocycles. The first-order chi connectivity index (χ1) is 5.30. The zero-order valence-corrected chi connectivity index (χ0v) is 6.62. The summed E-state index contributed by atoms with van der Waals surface area (Å²) >= 11 is 0. The van der Waals surface area contributed by atoms with Crippen LogP contribution in [0.5, 0.6) is 0 Å². The lowest BCUT2D eigenvalue weighted by molar-refractivity contribution is -0.142. The largest absolute Gasteiger partial charge is 0.481 e. The summed E-state index contributed by atoms with van der Waals surface area (Å²) in [5, 5.41) is 8.73. The van der Waals surface area contributed by atoms with Gasteiger partial charge in [0.15, 0.2) is 0 Å². The Morgan fingerprint density at radius 2 is 2.00 bits per heavy atom. The van der Waals surface area contributed by atoms with Crippen LogP contribution in [0.15, 0.2) is 12.2 Å². The molecule has 0 heterocycles. The van der Waals surface area contributed by atoms with E-state index in [4.69, 9.17) is 5.11 Å². The highest BCUT2D eigenvalue weighted by Gasteiger charge is 2.16. The summed E-state index contributed by atoms with van der Waals surface area (Å²) in [5.41, 5.74) is 0. The molecule has 2 nitrogen and oxygen atoms in total. The summed E-state index contributed by atoms with van der Waals surface area (Å²) in [6, 6.07) is 0. The number of allylic oxidation sites excluding steroid dienone is 2. The first kappa shape index (κ1) is 8.31. The number of carbonyl (C=O) groups is 1. The van der Waals surface area contributed by atoms with Crippen molar-refractivity contribution in [1.29, 1.82) is 0 Å². The van der Waals surface area contributed by atoms with Gasteiger partial charge in [0.25, 0.3) is 0 Å². The molecule has 11 heavy (non-hydrogen) atoms. The Kier molecular flexibility index (Phi) is 3.14. The van der Waals surface area contributed by atoms with Crippen molar-refractivity contribution < 1.29 is 9.90 Å². The van der Waals surface area contributed by atoms with E-state index in [-0.39, 0.29) is 5.92 Å². The smallest absolute Gasteiger partial charge is 0.306 e. The van der Waals surface area contributed by atoms with Gasteiger partial charge < -0.3 is 5.11 Å². The number of carboxylic acids is 1. The van der Waals surface area contributed by atoms with E-state index in [0.29, 0.717) is 0 Å². The predicted octanol–water partition coefficient (Wildman–Crippen LogP) is 2.21. The van der Waals surface area contributed by atoms with Crippen LogP contribution >= 0.6 is 0 Å². The lowest BCUT2D eigenvalue weighted by Crippen LogP contribution is -2.13. The fraction of sp³-hybridized carbons (Fsp3) is 0.667. The Morgan fingerprint density at radius 3 is 2.73 bits per heavy atom. The van der Waals surface area contributed by atoms with E-state index in [2.05, 4.69) is 12.2 Å². The third kappa shape index (κ3) is 2.74. The van der Waals surface area contributed by atoms with Crippen LogP contribution in [0.1, 0.15) is 32.1 Å². The maximum atomic E-state index is 10.6. The number of hydrogen-bond donors (Lipinski definition) is 1. The fourth-order valence-corrected chi connectivity index (χ4v) is 1.41. The number of rotatable bonds is 1. The molecule has 0 bridgehead atoms. The molecule has 0 saturated carbocycles. The molecule has 1 atom stereocenters. The second kappa shape index (κ2) is 4.16. The van der Waals surface area contributed by atoms with Crippen molar-refractivity contribution in [2.75, 3.05) is 0 Å². The topological polar surface area (TPSA) is 37.3 Å². The first-order valence-electron chi connectivity index (χ1n) is 4.18. The van der Waals surface area contributed by atoms with Crippen LogP contribution in [0.25, 0.3) is 0 Å². The first-order valence-corrected chi connectivity index (χ1v) is 4.18. The fourth-order valence-electron chi connectivity index (χ4n) is 1.41. The highest BCUT2D eigenvalue weighted by atomic mass is 16.4. The minimum Gasteiger partial charge on any atom is -0.481 e. The summed E-state index contributed by atoms with van der Waals surface area (Å²) in [6.45, 7) is 0. The standard InChI is InChI=1S/C9H14O2/c10-9(11)8-6-4-2-1-3-5-7-8/h1-2,8H,3-7H2,(H,10,11)/b2-1-/t8-/m0/s1. The van der Waals surface area contributed by atoms with Crippen LogP contribution in [0.2, 0.25) is 0 Å². The van der Waals surface area contributed by atoms with Crippen molar-refractivity contribution >= 4 is 5.97 Å². The molecule has 1 aliphatic rings. The average Bonchev–Trinajstić information content (AvgIpc) is 1.84. The quantitative estimate of drug-likeness (QED) is 0.588. The molecule has 2 heteroatoms. The second-order valence-electron chi connectivity index (χ2n) is 3.01. The van der Waals surface area contributed by atoms with Gasteiger partial charge in [0, 0.05) is 0 Å². The summed E-state index contributed by atoms with van der Waals surface area (Å²) in [6.07, 6.45) is 8.90. The Morgan fingerprint density at radius 1 is 1.27 bits per heavy atom. The number of hydrogen-bond acceptors (Lipinski definition) is 1. The van der Waals surface area contributed by atoms with Gasteiger partial charge in [-0.25, -0.2) is 0 Å². The molecule has 1 N–H and O–H groups in total. The molecule has 0 amide bonds. The molecule has 0 aromatic heterocycles. The Balaban J connectivity index is 2.42. The predicted molar refractivity (Wildman–Crippen MR) is 43.4 cm³/mol. The van der Waals surface area contributed by atoms with E-state index in [1.54, 1.807) is 0 Å². The van der Waals surface area contributed by atoms with Gasteiger partial charge in [-0.3, -0.25) is 4.79 Å². The molecule has 1 aliphatic carbocycles. The van der Waals surface area contributed by atoms with Gasteiger partial charge in [0.05, 0.1) is 5.92 Å². The van der Waals surface area contributed by atoms with Crippen LogP contribution in [-0.4, -0.2) is 11.1 Å². The van der Waals surface area contributed by atoms with Crippen molar-refractivity contribution in [2.45, 2.75) is 32.1 Å². The van der Waals surface area contributed by atoms with Gasteiger partial charge in [-0.1, -0.05) is 12.2 Å². The van der Waals surface area contributed by atoms with Crippen molar-refractivity contribution in [3.63, 3.8) is 0 Å². The van der Waals surface area contributed by atoms with Crippen LogP contribution < -0.4 is 0 Å². The van der Waals surface area contributed by atoms with E-state index < -0.39 is 5.97 Å². The highest BCUT2D eigenvalue weighted by molar-refractivity contribution is 5.69. The Hall–Kier alpha value is -0.790. The van der Waals surface area contributed by atoms with Crippen molar-refractivity contribution in [3.05, 3.63) is 12.2 Å². The summed E-state index contributed by atoms with van der Waals surface area (Å²) in [4.78, 5) is 10.6. The molecular weight excluding hydrogens is 140 g/mol. The molecule has 1 rings (SSSR count). The van der Waals surface area contributed by atoms with Gasteiger partial charge in [0.1, 0.15) is 0 Å². The molecule has 0 spiro atoms. The van der Waals surface area contributed by atoms with E-state index in [0.717, 1.165) is 32.1 Å². The molecule has 62 valence electrons. The van der Waals surface area contributed by atoms with Crippen LogP contribution in [-0.2, 0) is 4.79 Å². The molecule has 0 saturated heterocycles. The van der Waals surface area contributed by atoms with Crippen LogP contribution in [0.4, 0.5) is 0 Å². The maximum absolute atomic E-state index is 10.6. The van der Waals surface area contributed by atoms with Gasteiger partial charge in [-0.15, -0.1) is 0 Å². The second-order valence-corrected chi connectivity index (χ2v) is 3.01. The third-order valence-electron chi connectivity index (χ3n) is 2.12. The Bertz CT molecular complexity index is 161. The molecule has 0 fully saturated rings. The van der Waals surface area contributed by atoms with Crippen molar-refractivity contribution in [1.82, 2.24) is 0 Å². The lowest BCUT2D eigenvalue weighted by atomic mass is 9.94. The molecule has 0 aliphatic heterocycles. The third-order valence-corrected chi connectivity index (χ3v) is 2.12. The van der Waals surface area contributed by atoms with E-state index in [1.165, 1.54) is 0 Å². The minimum absolute atomic E-state index is 0.0973. The average molecular weight is 154 g/mol. The lowest BCUT2D eigenvalue weighted by Gasteiger charge is -2.11. The van der Waals surface area contributed by atoms with Gasteiger partial charge >= 0.3 is 5.97 Å². The minimum atomic E-state index is -0.625. The molecular formula is C9H14O2. The maximum Gasteiger partial charge on any atom is 0.306 e. The van der Waals surface area contributed by atoms with Crippen molar-refractivity contribution in [3.8, 4) is 0 Å². The molecule has 0 aromatic rings. The highest BCUT2D eigenvalue weighted by Crippen LogP contribution is 2.18. The summed E-state index contributed by atoms with van der Waals surface area (Å²) in [5.74, 6) is -0.722. The normalized spacial score (nSPS) is 28.5. The van der Waals surface area contributed by atoms with Gasteiger partial charge in [-0.2, -0.15) is 0 Å². The number of carboxylic acid groups (broad SMARTS) is 1. The monoisotopic (exact) mass is 154 g/mol. The van der Waals surface area contributed by atoms with E-state index in [9.17, 15) is 4.79 Å². The SMILES string of the molecule is O=C(O)[C@H]1CC/C=C\CCC1. The summed E-state index contributed by atoms with van der Waals surface area (Å²) in [7, 11) is 0. The zero-order chi connectivity index (χ0) is 8.10. The van der Waals surface area contributed by atoms with Gasteiger partial charge in [-0.05, 0) is 32.1 Å². The Labute approximate surface area is 66.9 Å². The zero-order valence-electron chi connectivity index (χ0n) is 6.62. The summed E-state index contributed by atoms with van der Waals surface area (Å²) < 4.78 is 0. The van der Waals surface area contributed by atoms with E-state index in [1.807, 2.05) is 0 Å². The van der Waals surface area contributed by atoms with Crippen LogP contribution in [0.3, 0.4) is 0 Å². The molecule has 0 unspecified atom stereocenters. The molecule has 0 radical (unpaired) electrons. The number of aliphatic carboxylic acids is 1. The van der Waals surface area contributed by atoms with Crippen molar-refractivity contribution in [2.24, 2.45) is 5.92 Å².